The molecule has 0 aliphatic rings. The number of amides is 1. The minimum absolute atomic E-state index is 0.203. The summed E-state index contributed by atoms with van der Waals surface area (Å²) in [5.74, 6) is -0.271. The number of carbonyl (C=O) groups excluding carboxylic acids is 1. The molecule has 0 radical (unpaired) electrons. The number of carbonyl (C=O) groups is 1. The van der Waals surface area contributed by atoms with E-state index in [4.69, 9.17) is 4.55 Å². The number of rotatable bonds is 5. The first-order valence-electron chi connectivity index (χ1n) is 4.13. The lowest BCUT2D eigenvalue weighted by Crippen LogP contribution is -2.29. The molecule has 0 aromatic heterocycles. The van der Waals surface area contributed by atoms with Gasteiger partial charge in [-0.25, -0.2) is 0 Å². The van der Waals surface area contributed by atoms with Crippen LogP contribution in [-0.4, -0.2) is 42.6 Å². The fourth-order valence-electron chi connectivity index (χ4n) is 0.790. The van der Waals surface area contributed by atoms with E-state index in [0.29, 0.717) is 0 Å². The summed E-state index contributed by atoms with van der Waals surface area (Å²) in [7, 11) is -2.45. The van der Waals surface area contributed by atoms with Gasteiger partial charge < -0.3 is 4.90 Å². The Bertz CT molecular complexity index is 309. The second kappa shape index (κ2) is 5.11. The Hall–Kier alpha value is -0.880. The zero-order valence-electron chi connectivity index (χ0n) is 8.30. The molecule has 0 saturated carbocycles. The van der Waals surface area contributed by atoms with Crippen LogP contribution in [0.1, 0.15) is 13.3 Å². The zero-order valence-corrected chi connectivity index (χ0v) is 9.12. The first-order valence-corrected chi connectivity index (χ1v) is 5.63. The molecule has 0 aromatic carbocycles. The lowest BCUT2D eigenvalue weighted by atomic mass is 10.3. The molecule has 0 aromatic rings. The summed E-state index contributed by atoms with van der Waals surface area (Å²) in [6.07, 6.45) is 1.35. The van der Waals surface area contributed by atoms with E-state index in [0.717, 1.165) is 6.08 Å². The summed E-state index contributed by atoms with van der Waals surface area (Å²) in [6, 6.07) is 0. The van der Waals surface area contributed by atoms with E-state index in [1.54, 1.807) is 7.05 Å². The van der Waals surface area contributed by atoms with Crippen LogP contribution in [0.2, 0.25) is 0 Å². The van der Waals surface area contributed by atoms with E-state index in [2.05, 4.69) is 6.58 Å². The van der Waals surface area contributed by atoms with Crippen LogP contribution in [0.4, 0.5) is 0 Å². The van der Waals surface area contributed by atoms with Crippen LogP contribution in [0, 0.1) is 0 Å². The van der Waals surface area contributed by atoms with Gasteiger partial charge in [0.1, 0.15) is 0 Å². The Kier molecular flexibility index (Phi) is 4.79. The molecule has 14 heavy (non-hydrogen) atoms. The van der Waals surface area contributed by atoms with Crippen molar-refractivity contribution in [3.8, 4) is 0 Å². The van der Waals surface area contributed by atoms with Gasteiger partial charge in [-0.2, -0.15) is 8.42 Å². The van der Waals surface area contributed by atoms with Crippen molar-refractivity contribution in [2.75, 3.05) is 13.6 Å². The molecule has 1 atom stereocenters. The lowest BCUT2D eigenvalue weighted by molar-refractivity contribution is -0.124. The first kappa shape index (κ1) is 13.1. The van der Waals surface area contributed by atoms with Crippen LogP contribution in [-0.2, 0) is 14.9 Å². The van der Waals surface area contributed by atoms with Crippen molar-refractivity contribution >= 4 is 16.0 Å². The molecule has 0 bridgehead atoms. The fraction of sp³-hybridized carbons (Fsp3) is 0.625. The average molecular weight is 221 g/mol. The third-order valence-corrected chi connectivity index (χ3v) is 3.18. The predicted molar refractivity (Wildman–Crippen MR) is 53.5 cm³/mol. The van der Waals surface area contributed by atoms with Crippen LogP contribution in [0.5, 0.6) is 0 Å². The summed E-state index contributed by atoms with van der Waals surface area (Å²) in [5, 5.41) is -0.859. The second-order valence-electron chi connectivity index (χ2n) is 3.08. The van der Waals surface area contributed by atoms with Crippen molar-refractivity contribution in [3.05, 3.63) is 12.7 Å². The van der Waals surface area contributed by atoms with Gasteiger partial charge in [0.2, 0.25) is 5.91 Å². The third kappa shape index (κ3) is 4.38. The average Bonchev–Trinajstić information content (AvgIpc) is 2.10. The molecular weight excluding hydrogens is 206 g/mol. The quantitative estimate of drug-likeness (QED) is 0.535. The Morgan fingerprint density at radius 1 is 1.64 bits per heavy atom. The molecular formula is C8H15NO4S. The highest BCUT2D eigenvalue weighted by molar-refractivity contribution is 7.86. The maximum atomic E-state index is 11.0. The summed E-state index contributed by atoms with van der Waals surface area (Å²) >= 11 is 0. The molecule has 0 aliphatic carbocycles. The SMILES string of the molecule is C=CC(=O)N(C)CCC(C)S(=O)(=O)O. The topological polar surface area (TPSA) is 74.7 Å². The lowest BCUT2D eigenvalue weighted by Gasteiger charge is -2.16. The maximum absolute atomic E-state index is 11.0. The van der Waals surface area contributed by atoms with Gasteiger partial charge in [0.25, 0.3) is 10.1 Å². The van der Waals surface area contributed by atoms with Gasteiger partial charge in [-0.05, 0) is 19.4 Å². The van der Waals surface area contributed by atoms with Crippen molar-refractivity contribution < 1.29 is 17.8 Å². The van der Waals surface area contributed by atoms with Gasteiger partial charge in [0, 0.05) is 13.6 Å². The standard InChI is InChI=1S/C8H15NO4S/c1-4-8(10)9(3)6-5-7(2)14(11,12)13/h4,7H,1,5-6H2,2-3H3,(H,11,12,13). The minimum Gasteiger partial charge on any atom is -0.342 e. The third-order valence-electron chi connectivity index (χ3n) is 1.93. The molecule has 1 unspecified atom stereocenters. The number of hydrogen-bond acceptors (Lipinski definition) is 3. The molecule has 0 spiro atoms. The molecule has 1 amide bonds. The van der Waals surface area contributed by atoms with E-state index < -0.39 is 15.4 Å². The molecule has 0 fully saturated rings. The zero-order chi connectivity index (χ0) is 11.4. The van der Waals surface area contributed by atoms with E-state index in [1.165, 1.54) is 11.8 Å². The Balaban J connectivity index is 4.08. The molecule has 0 rings (SSSR count). The Labute approximate surface area is 84.2 Å². The summed E-state index contributed by atoms with van der Waals surface area (Å²) < 4.78 is 29.9. The predicted octanol–water partition coefficient (Wildman–Crippen LogP) is 0.297. The van der Waals surface area contributed by atoms with Crippen molar-refractivity contribution in [1.82, 2.24) is 4.90 Å². The number of hydrogen-bond donors (Lipinski definition) is 1. The molecule has 82 valence electrons. The summed E-state index contributed by atoms with van der Waals surface area (Å²) in [4.78, 5) is 12.3. The molecule has 0 aliphatic heterocycles. The van der Waals surface area contributed by atoms with E-state index in [1.807, 2.05) is 0 Å². The molecule has 0 saturated heterocycles. The van der Waals surface area contributed by atoms with Gasteiger partial charge in [0.15, 0.2) is 0 Å². The van der Waals surface area contributed by atoms with Crippen LogP contribution in [0.3, 0.4) is 0 Å². The minimum atomic E-state index is -3.99. The Morgan fingerprint density at radius 3 is 2.50 bits per heavy atom. The van der Waals surface area contributed by atoms with Gasteiger partial charge >= 0.3 is 0 Å². The fourth-order valence-corrected chi connectivity index (χ4v) is 1.19. The van der Waals surface area contributed by atoms with Gasteiger partial charge in [-0.1, -0.05) is 6.58 Å². The normalized spacial score (nSPS) is 13.4. The van der Waals surface area contributed by atoms with Crippen molar-refractivity contribution in [2.45, 2.75) is 18.6 Å². The summed E-state index contributed by atoms with van der Waals surface area (Å²) in [6.45, 7) is 4.96. The van der Waals surface area contributed by atoms with E-state index >= 15 is 0 Å². The van der Waals surface area contributed by atoms with E-state index in [9.17, 15) is 13.2 Å². The highest BCUT2D eigenvalue weighted by Crippen LogP contribution is 2.04. The van der Waals surface area contributed by atoms with Crippen LogP contribution in [0.15, 0.2) is 12.7 Å². The molecule has 5 nitrogen and oxygen atoms in total. The largest absolute Gasteiger partial charge is 0.342 e. The van der Waals surface area contributed by atoms with E-state index in [-0.39, 0.29) is 18.9 Å². The van der Waals surface area contributed by atoms with Crippen molar-refractivity contribution in [2.24, 2.45) is 0 Å². The molecule has 0 heterocycles. The summed E-state index contributed by atoms with van der Waals surface area (Å²) in [5.41, 5.74) is 0. The van der Waals surface area contributed by atoms with Crippen LogP contribution < -0.4 is 0 Å². The highest BCUT2D eigenvalue weighted by Gasteiger charge is 2.18. The maximum Gasteiger partial charge on any atom is 0.267 e. The van der Waals surface area contributed by atoms with Crippen LogP contribution >= 0.6 is 0 Å². The molecule has 6 heteroatoms. The van der Waals surface area contributed by atoms with Crippen molar-refractivity contribution in [1.29, 1.82) is 0 Å². The highest BCUT2D eigenvalue weighted by atomic mass is 32.2. The van der Waals surface area contributed by atoms with Gasteiger partial charge in [-0.3, -0.25) is 9.35 Å². The van der Waals surface area contributed by atoms with Gasteiger partial charge in [-0.15, -0.1) is 0 Å². The van der Waals surface area contributed by atoms with Crippen molar-refractivity contribution in [3.63, 3.8) is 0 Å². The number of nitrogens with zero attached hydrogens (tertiary/aromatic N) is 1. The second-order valence-corrected chi connectivity index (χ2v) is 4.91. The smallest absolute Gasteiger partial charge is 0.267 e. The monoisotopic (exact) mass is 221 g/mol. The van der Waals surface area contributed by atoms with Gasteiger partial charge in [0.05, 0.1) is 5.25 Å². The first-order chi connectivity index (χ1) is 6.29. The molecule has 1 N–H and O–H groups in total. The number of likely N-dealkylation sites (N-methyl/N-ethyl adjacent to an activating group) is 1. The Morgan fingerprint density at radius 2 is 2.14 bits per heavy atom. The van der Waals surface area contributed by atoms with Crippen LogP contribution in [0.25, 0.3) is 0 Å².